The van der Waals surface area contributed by atoms with Crippen LogP contribution in [-0.4, -0.2) is 68.1 Å². The second-order valence-corrected chi connectivity index (χ2v) is 8.89. The molecule has 0 saturated carbocycles. The summed E-state index contributed by atoms with van der Waals surface area (Å²) in [6.07, 6.45) is 4.42. The minimum absolute atomic E-state index is 0.125. The van der Waals surface area contributed by atoms with Gasteiger partial charge in [-0.25, -0.2) is 9.97 Å². The van der Waals surface area contributed by atoms with Gasteiger partial charge < -0.3 is 4.90 Å². The van der Waals surface area contributed by atoms with Gasteiger partial charge >= 0.3 is 0 Å². The molecule has 2 unspecified atom stereocenters. The summed E-state index contributed by atoms with van der Waals surface area (Å²) in [6, 6.07) is 7.00. The van der Waals surface area contributed by atoms with Crippen molar-refractivity contribution in [3.8, 4) is 10.6 Å². The van der Waals surface area contributed by atoms with Crippen LogP contribution in [0.4, 0.5) is 0 Å². The van der Waals surface area contributed by atoms with E-state index in [-0.39, 0.29) is 12.3 Å². The van der Waals surface area contributed by atoms with Gasteiger partial charge in [-0.2, -0.15) is 0 Å². The normalized spacial score (nSPS) is 22.1. The van der Waals surface area contributed by atoms with Gasteiger partial charge in [-0.3, -0.25) is 9.69 Å². The Morgan fingerprint density at radius 2 is 2.00 bits per heavy atom. The number of fused-ring (bicyclic) bond motifs is 3. The average Bonchev–Trinajstić information content (AvgIpc) is 3.19. The Morgan fingerprint density at radius 1 is 1.21 bits per heavy atom. The highest BCUT2D eigenvalue weighted by Crippen LogP contribution is 2.29. The van der Waals surface area contributed by atoms with Crippen LogP contribution in [0.2, 0.25) is 0 Å². The molecule has 2 saturated heterocycles. The zero-order valence-electron chi connectivity index (χ0n) is 16.0. The summed E-state index contributed by atoms with van der Waals surface area (Å²) in [6.45, 7) is 3.58. The molecule has 5 rings (SSSR count). The Morgan fingerprint density at radius 3 is 2.71 bits per heavy atom. The smallest absolute Gasteiger partial charge is 0.230 e. The number of aryl methyl sites for hydroxylation is 1. The van der Waals surface area contributed by atoms with Crippen molar-refractivity contribution in [2.75, 3.05) is 20.1 Å². The van der Waals surface area contributed by atoms with E-state index in [1.54, 1.807) is 17.5 Å². The topological polar surface area (TPSA) is 75.1 Å². The molecule has 2 fully saturated rings. The molecular formula is C20H22N6OS. The predicted octanol–water partition coefficient (Wildman–Crippen LogP) is 2.30. The van der Waals surface area contributed by atoms with Crippen LogP contribution in [0.5, 0.6) is 0 Å². The van der Waals surface area contributed by atoms with Crippen LogP contribution in [0.15, 0.2) is 24.4 Å². The van der Waals surface area contributed by atoms with E-state index in [2.05, 4.69) is 32.1 Å². The van der Waals surface area contributed by atoms with Crippen molar-refractivity contribution >= 4 is 28.1 Å². The maximum atomic E-state index is 12.8. The monoisotopic (exact) mass is 394 g/mol. The zero-order chi connectivity index (χ0) is 19.3. The van der Waals surface area contributed by atoms with E-state index in [0.29, 0.717) is 17.9 Å². The van der Waals surface area contributed by atoms with Gasteiger partial charge in [-0.05, 0) is 32.9 Å². The van der Waals surface area contributed by atoms with Crippen molar-refractivity contribution in [2.45, 2.75) is 38.3 Å². The lowest BCUT2D eigenvalue weighted by atomic mass is 10.1. The van der Waals surface area contributed by atoms with E-state index in [4.69, 9.17) is 0 Å². The third-order valence-corrected chi connectivity index (χ3v) is 6.80. The van der Waals surface area contributed by atoms with Crippen molar-refractivity contribution < 1.29 is 4.79 Å². The third-order valence-electron chi connectivity index (χ3n) is 5.91. The number of rotatable bonds is 3. The number of likely N-dealkylation sites (tertiary alicyclic amines) is 1. The number of hydrogen-bond acceptors (Lipinski definition) is 7. The van der Waals surface area contributed by atoms with Crippen molar-refractivity contribution in [3.05, 3.63) is 35.2 Å². The van der Waals surface area contributed by atoms with Gasteiger partial charge in [0.2, 0.25) is 5.91 Å². The first kappa shape index (κ1) is 17.6. The summed E-state index contributed by atoms with van der Waals surface area (Å²) < 4.78 is 0. The standard InChI is InChI=1S/C20H22N6OS/c1-12-23-24-20(28-12)13-3-4-14-9-21-18(22-17(14)7-13)8-19(27)26-10-15-5-6-16(11-26)25(15)2/h3-4,7,9,15-16H,5-6,8,10-11H2,1-2H3. The highest BCUT2D eigenvalue weighted by atomic mass is 32.1. The van der Waals surface area contributed by atoms with E-state index in [0.717, 1.165) is 39.6 Å². The number of carbonyl (C=O) groups excluding carboxylic acids is 1. The Bertz CT molecular complexity index is 1040. The second kappa shape index (κ2) is 6.86. The number of aromatic nitrogens is 4. The Labute approximate surface area is 167 Å². The quantitative estimate of drug-likeness (QED) is 0.679. The summed E-state index contributed by atoms with van der Waals surface area (Å²) in [5.74, 6) is 0.703. The minimum Gasteiger partial charge on any atom is -0.339 e. The molecule has 3 aromatic rings. The Kier molecular flexibility index (Phi) is 4.32. The zero-order valence-corrected chi connectivity index (χ0v) is 16.8. The van der Waals surface area contributed by atoms with Gasteiger partial charge in [0.05, 0.1) is 11.9 Å². The van der Waals surface area contributed by atoms with Crippen LogP contribution in [0.1, 0.15) is 23.7 Å². The first-order valence-corrected chi connectivity index (χ1v) is 10.4. The van der Waals surface area contributed by atoms with Crippen LogP contribution in [0, 0.1) is 6.92 Å². The van der Waals surface area contributed by atoms with Crippen molar-refractivity contribution in [1.29, 1.82) is 0 Å². The number of nitrogens with zero attached hydrogens (tertiary/aromatic N) is 6. The summed E-state index contributed by atoms with van der Waals surface area (Å²) in [7, 11) is 2.17. The van der Waals surface area contributed by atoms with Crippen molar-refractivity contribution in [3.63, 3.8) is 0 Å². The molecule has 0 spiro atoms. The average molecular weight is 395 g/mol. The summed E-state index contributed by atoms with van der Waals surface area (Å²) >= 11 is 1.56. The molecular weight excluding hydrogens is 372 g/mol. The molecule has 2 aliphatic rings. The van der Waals surface area contributed by atoms with Crippen LogP contribution >= 0.6 is 11.3 Å². The molecule has 2 aromatic heterocycles. The lowest BCUT2D eigenvalue weighted by Gasteiger charge is -2.38. The fourth-order valence-corrected chi connectivity index (χ4v) is 4.95. The molecule has 2 atom stereocenters. The molecule has 2 bridgehead atoms. The number of hydrogen-bond donors (Lipinski definition) is 0. The number of benzene rings is 1. The summed E-state index contributed by atoms with van der Waals surface area (Å²) in [4.78, 5) is 26.3. The Balaban J connectivity index is 1.36. The molecule has 2 aliphatic heterocycles. The highest BCUT2D eigenvalue weighted by Gasteiger charge is 2.38. The number of carbonyl (C=O) groups is 1. The SMILES string of the molecule is Cc1nnc(-c2ccc3cnc(CC(=O)N4CC5CCC(C4)N5C)nc3c2)s1. The van der Waals surface area contributed by atoms with Crippen LogP contribution in [0.25, 0.3) is 21.5 Å². The van der Waals surface area contributed by atoms with E-state index < -0.39 is 0 Å². The minimum atomic E-state index is 0.125. The van der Waals surface area contributed by atoms with Crippen molar-refractivity contribution in [2.24, 2.45) is 0 Å². The number of piperazine rings is 1. The molecule has 1 aromatic carbocycles. The van der Waals surface area contributed by atoms with Crippen LogP contribution in [-0.2, 0) is 11.2 Å². The summed E-state index contributed by atoms with van der Waals surface area (Å²) in [5.41, 5.74) is 1.83. The maximum Gasteiger partial charge on any atom is 0.230 e. The van der Waals surface area contributed by atoms with Gasteiger partial charge in [-0.1, -0.05) is 23.5 Å². The van der Waals surface area contributed by atoms with E-state index >= 15 is 0 Å². The number of amides is 1. The van der Waals surface area contributed by atoms with E-state index in [1.807, 2.05) is 30.0 Å². The van der Waals surface area contributed by atoms with Gasteiger partial charge in [0.25, 0.3) is 0 Å². The summed E-state index contributed by atoms with van der Waals surface area (Å²) in [5, 5.41) is 11.1. The van der Waals surface area contributed by atoms with E-state index in [9.17, 15) is 4.79 Å². The molecule has 28 heavy (non-hydrogen) atoms. The van der Waals surface area contributed by atoms with Gasteiger partial charge in [0.15, 0.2) is 0 Å². The van der Waals surface area contributed by atoms with Gasteiger partial charge in [0, 0.05) is 42.3 Å². The largest absolute Gasteiger partial charge is 0.339 e. The molecule has 0 radical (unpaired) electrons. The van der Waals surface area contributed by atoms with Crippen molar-refractivity contribution in [1.82, 2.24) is 30.0 Å². The Hall–Kier alpha value is -2.45. The molecule has 0 N–H and O–H groups in total. The predicted molar refractivity (Wildman–Crippen MR) is 108 cm³/mol. The molecule has 0 aliphatic carbocycles. The molecule has 1 amide bonds. The highest BCUT2D eigenvalue weighted by molar-refractivity contribution is 7.14. The first-order valence-electron chi connectivity index (χ1n) is 9.63. The van der Waals surface area contributed by atoms with Crippen LogP contribution in [0.3, 0.4) is 0 Å². The van der Waals surface area contributed by atoms with Gasteiger partial charge in [0.1, 0.15) is 15.8 Å². The first-order chi connectivity index (χ1) is 13.6. The molecule has 144 valence electrons. The molecule has 4 heterocycles. The third kappa shape index (κ3) is 3.16. The fourth-order valence-electron chi connectivity index (χ4n) is 4.26. The lowest BCUT2D eigenvalue weighted by molar-refractivity contribution is -0.133. The lowest BCUT2D eigenvalue weighted by Crippen LogP contribution is -2.54. The number of likely N-dealkylation sites (N-methyl/N-ethyl adjacent to an activating group) is 1. The van der Waals surface area contributed by atoms with Crippen LogP contribution < -0.4 is 0 Å². The van der Waals surface area contributed by atoms with Gasteiger partial charge in [-0.15, -0.1) is 10.2 Å². The molecule has 8 heteroatoms. The molecule has 7 nitrogen and oxygen atoms in total. The second-order valence-electron chi connectivity index (χ2n) is 7.71. The maximum absolute atomic E-state index is 12.8. The van der Waals surface area contributed by atoms with E-state index in [1.165, 1.54) is 12.8 Å². The fraction of sp³-hybridized carbons (Fsp3) is 0.450.